The largest absolute Gasteiger partial charge is 0.472 e. The molecular weight excluding hydrogens is 637 g/mol. The van der Waals surface area contributed by atoms with E-state index < -0.39 is 13.9 Å². The molecule has 0 aromatic rings. The molecule has 0 aliphatic heterocycles. The summed E-state index contributed by atoms with van der Waals surface area (Å²) in [5.41, 5.74) is 0. The predicted octanol–water partition coefficient (Wildman–Crippen LogP) is 10.6. The SMILES string of the molecule is CC/C=C\C/C=C\C/C=C\C/C=C\C/C=C\CCCCCCCCCCCCOCC(COP(=O)(O)OCC[N+](C)(C)C)OC(=O)CCC. The lowest BCUT2D eigenvalue weighted by molar-refractivity contribution is -0.870. The fourth-order valence-electron chi connectivity index (χ4n) is 4.67. The zero-order chi connectivity index (χ0) is 36.3. The average Bonchev–Trinajstić information content (AvgIpc) is 3.04. The van der Waals surface area contributed by atoms with Gasteiger partial charge < -0.3 is 18.9 Å². The number of phosphoric ester groups is 1. The molecule has 0 radical (unpaired) electrons. The van der Waals surface area contributed by atoms with Crippen LogP contribution in [0, 0.1) is 0 Å². The Morgan fingerprint density at radius 3 is 1.65 bits per heavy atom. The number of nitrogens with zero attached hydrogens (tertiary/aromatic N) is 1. The fraction of sp³-hybridized carbons (Fsp3) is 0.725. The number of unbranched alkanes of at least 4 members (excludes halogenated alkanes) is 10. The summed E-state index contributed by atoms with van der Waals surface area (Å²) in [4.78, 5) is 22.0. The number of allylic oxidation sites excluding steroid dienone is 10. The Balaban J connectivity index is 3.79. The number of carbonyl (C=O) groups is 1. The van der Waals surface area contributed by atoms with Crippen molar-refractivity contribution in [2.24, 2.45) is 0 Å². The number of phosphoric acid groups is 1. The molecule has 0 aromatic carbocycles. The van der Waals surface area contributed by atoms with Crippen LogP contribution >= 0.6 is 7.82 Å². The minimum Gasteiger partial charge on any atom is -0.457 e. The summed E-state index contributed by atoms with van der Waals surface area (Å²) in [6, 6.07) is 0. The lowest BCUT2D eigenvalue weighted by Gasteiger charge is -2.24. The van der Waals surface area contributed by atoms with E-state index in [0.717, 1.165) is 44.9 Å². The maximum Gasteiger partial charge on any atom is 0.472 e. The topological polar surface area (TPSA) is 91.3 Å². The molecule has 0 aliphatic rings. The van der Waals surface area contributed by atoms with Gasteiger partial charge in [0.2, 0.25) is 0 Å². The molecule has 0 fully saturated rings. The van der Waals surface area contributed by atoms with Gasteiger partial charge in [-0.2, -0.15) is 0 Å². The summed E-state index contributed by atoms with van der Waals surface area (Å²) in [6.07, 6.45) is 41.3. The Morgan fingerprint density at radius 1 is 0.653 bits per heavy atom. The van der Waals surface area contributed by atoms with Crippen molar-refractivity contribution in [1.29, 1.82) is 0 Å². The number of likely N-dealkylation sites (N-methyl/N-ethyl adjacent to an activating group) is 1. The molecule has 0 spiro atoms. The fourth-order valence-corrected chi connectivity index (χ4v) is 5.42. The van der Waals surface area contributed by atoms with E-state index in [1.54, 1.807) is 0 Å². The molecule has 1 N–H and O–H groups in total. The average molecular weight is 711 g/mol. The maximum absolute atomic E-state index is 12.2. The molecular formula is C40H73NO7P+. The first-order valence-electron chi connectivity index (χ1n) is 19.0. The van der Waals surface area contributed by atoms with Crippen LogP contribution < -0.4 is 0 Å². The van der Waals surface area contributed by atoms with Crippen molar-refractivity contribution in [3.63, 3.8) is 0 Å². The zero-order valence-electron chi connectivity index (χ0n) is 31.9. The highest BCUT2D eigenvalue weighted by atomic mass is 31.2. The van der Waals surface area contributed by atoms with Gasteiger partial charge in [-0.3, -0.25) is 13.8 Å². The van der Waals surface area contributed by atoms with Crippen molar-refractivity contribution >= 4 is 13.8 Å². The Morgan fingerprint density at radius 2 is 1.14 bits per heavy atom. The first-order chi connectivity index (χ1) is 23.6. The van der Waals surface area contributed by atoms with E-state index in [0.29, 0.717) is 24.1 Å². The van der Waals surface area contributed by atoms with Gasteiger partial charge in [0.25, 0.3) is 0 Å². The van der Waals surface area contributed by atoms with E-state index in [2.05, 4.69) is 67.7 Å². The second kappa shape index (κ2) is 33.3. The Labute approximate surface area is 300 Å². The number of hydrogen-bond donors (Lipinski definition) is 1. The summed E-state index contributed by atoms with van der Waals surface area (Å²) in [6.45, 7) is 5.11. The number of esters is 1. The summed E-state index contributed by atoms with van der Waals surface area (Å²) in [7, 11) is 1.65. The molecule has 284 valence electrons. The minimum atomic E-state index is -4.24. The van der Waals surface area contributed by atoms with E-state index in [-0.39, 0.29) is 32.2 Å². The molecule has 0 saturated carbocycles. The molecule has 0 saturated heterocycles. The first-order valence-corrected chi connectivity index (χ1v) is 20.5. The molecule has 0 amide bonds. The van der Waals surface area contributed by atoms with Gasteiger partial charge in [-0.25, -0.2) is 4.57 Å². The van der Waals surface area contributed by atoms with Gasteiger partial charge in [-0.15, -0.1) is 0 Å². The van der Waals surface area contributed by atoms with Crippen molar-refractivity contribution in [1.82, 2.24) is 0 Å². The van der Waals surface area contributed by atoms with Crippen molar-refractivity contribution in [2.75, 3.05) is 54.1 Å². The predicted molar refractivity (Wildman–Crippen MR) is 205 cm³/mol. The quantitative estimate of drug-likeness (QED) is 0.0234. The van der Waals surface area contributed by atoms with Gasteiger partial charge in [0, 0.05) is 13.0 Å². The standard InChI is InChI=1S/C40H72NO7P/c1-6-8-9-10-11-12-13-14-15-16-17-18-19-20-21-22-23-24-25-26-27-28-29-30-31-32-35-45-37-39(48-40(42)33-7-2)38-47-49(43,44)46-36-34-41(3,4)5/h8-9,11-12,14-15,17-18,20-21,39H,6-7,10,13,16,19,22-38H2,1-5H3/p+1/b9-8-,12-11-,15-14-,18-17-,21-20-. The highest BCUT2D eigenvalue weighted by Gasteiger charge is 2.26. The van der Waals surface area contributed by atoms with Gasteiger partial charge >= 0.3 is 13.8 Å². The molecule has 0 aromatic heterocycles. The summed E-state index contributed by atoms with van der Waals surface area (Å²) in [5, 5.41) is 0. The van der Waals surface area contributed by atoms with E-state index >= 15 is 0 Å². The molecule has 0 rings (SSSR count). The summed E-state index contributed by atoms with van der Waals surface area (Å²) in [5.74, 6) is -0.372. The van der Waals surface area contributed by atoms with Gasteiger partial charge in [-0.05, 0) is 57.8 Å². The summed E-state index contributed by atoms with van der Waals surface area (Å²) >= 11 is 0. The third-order valence-electron chi connectivity index (χ3n) is 7.56. The van der Waals surface area contributed by atoms with E-state index in [9.17, 15) is 14.3 Å². The lowest BCUT2D eigenvalue weighted by Crippen LogP contribution is -2.37. The first kappa shape index (κ1) is 47.2. The van der Waals surface area contributed by atoms with Gasteiger partial charge in [0.05, 0.1) is 34.4 Å². The molecule has 0 heterocycles. The van der Waals surface area contributed by atoms with Crippen molar-refractivity contribution in [3.05, 3.63) is 60.8 Å². The third kappa shape index (κ3) is 37.3. The Kier molecular flexibility index (Phi) is 32.1. The minimum absolute atomic E-state index is 0.0838. The number of ether oxygens (including phenoxy) is 2. The monoisotopic (exact) mass is 711 g/mol. The number of quaternary nitrogens is 1. The van der Waals surface area contributed by atoms with Crippen LogP contribution in [-0.2, 0) is 27.9 Å². The summed E-state index contributed by atoms with van der Waals surface area (Å²) < 4.78 is 34.2. The van der Waals surface area contributed by atoms with Gasteiger partial charge in [-0.1, -0.05) is 126 Å². The van der Waals surface area contributed by atoms with Crippen LogP contribution in [0.3, 0.4) is 0 Å². The van der Waals surface area contributed by atoms with Crippen LogP contribution in [0.1, 0.15) is 129 Å². The number of rotatable bonds is 34. The van der Waals surface area contributed by atoms with Crippen LogP contribution in [0.5, 0.6) is 0 Å². The van der Waals surface area contributed by atoms with E-state index in [1.807, 2.05) is 28.1 Å². The van der Waals surface area contributed by atoms with Crippen molar-refractivity contribution in [3.8, 4) is 0 Å². The Hall–Kier alpha value is -1.80. The normalized spacial score (nSPS) is 14.7. The lowest BCUT2D eigenvalue weighted by atomic mass is 10.1. The van der Waals surface area contributed by atoms with Gasteiger partial charge in [0.1, 0.15) is 19.3 Å². The second-order valence-electron chi connectivity index (χ2n) is 13.6. The molecule has 0 aliphatic carbocycles. The number of hydrogen-bond acceptors (Lipinski definition) is 6. The van der Waals surface area contributed by atoms with E-state index in [1.165, 1.54) is 57.8 Å². The highest BCUT2D eigenvalue weighted by Crippen LogP contribution is 2.43. The molecule has 2 atom stereocenters. The van der Waals surface area contributed by atoms with Crippen molar-refractivity contribution < 1.29 is 37.3 Å². The number of carbonyl (C=O) groups excluding carboxylic acids is 1. The van der Waals surface area contributed by atoms with E-state index in [4.69, 9.17) is 18.5 Å². The molecule has 49 heavy (non-hydrogen) atoms. The van der Waals surface area contributed by atoms with Crippen LogP contribution in [-0.4, -0.2) is 75.6 Å². The van der Waals surface area contributed by atoms with Crippen LogP contribution in [0.25, 0.3) is 0 Å². The third-order valence-corrected chi connectivity index (χ3v) is 8.55. The highest BCUT2D eigenvalue weighted by molar-refractivity contribution is 7.47. The molecule has 9 heteroatoms. The van der Waals surface area contributed by atoms with Crippen molar-refractivity contribution in [2.45, 2.75) is 136 Å². The molecule has 8 nitrogen and oxygen atoms in total. The zero-order valence-corrected chi connectivity index (χ0v) is 32.8. The second-order valence-corrected chi connectivity index (χ2v) is 15.0. The van der Waals surface area contributed by atoms with Crippen LogP contribution in [0.4, 0.5) is 0 Å². The van der Waals surface area contributed by atoms with Crippen LogP contribution in [0.2, 0.25) is 0 Å². The maximum atomic E-state index is 12.2. The molecule has 2 unspecified atom stereocenters. The van der Waals surface area contributed by atoms with Crippen LogP contribution in [0.15, 0.2) is 60.8 Å². The smallest absolute Gasteiger partial charge is 0.457 e. The Bertz CT molecular complexity index is 968. The van der Waals surface area contributed by atoms with Gasteiger partial charge in [0.15, 0.2) is 0 Å². The molecule has 0 bridgehead atoms.